The average molecular weight is 266 g/mol. The molecule has 0 atom stereocenters. The van der Waals surface area contributed by atoms with Crippen LogP contribution in [0, 0.1) is 11.3 Å². The molecule has 2 aromatic rings. The van der Waals surface area contributed by atoms with Crippen LogP contribution in [0.5, 0.6) is 5.75 Å². The number of pyridine rings is 1. The number of H-pyrrole nitrogens is 1. The summed E-state index contributed by atoms with van der Waals surface area (Å²) in [5, 5.41) is 9.13. The number of nitriles is 1. The van der Waals surface area contributed by atoms with E-state index in [9.17, 15) is 4.79 Å². The topological polar surface area (TPSA) is 65.9 Å². The Morgan fingerprint density at radius 2 is 1.90 bits per heavy atom. The first kappa shape index (κ1) is 12.5. The minimum absolute atomic E-state index is 0.273. The van der Waals surface area contributed by atoms with Crippen molar-refractivity contribution in [2.75, 3.05) is 7.11 Å². The smallest absolute Gasteiger partial charge is 0.266 e. The van der Waals surface area contributed by atoms with Crippen LogP contribution in [0.15, 0.2) is 29.1 Å². The highest BCUT2D eigenvalue weighted by molar-refractivity contribution is 5.67. The molecule has 0 saturated heterocycles. The van der Waals surface area contributed by atoms with Crippen LogP contribution in [0.1, 0.15) is 23.1 Å². The van der Waals surface area contributed by atoms with Gasteiger partial charge in [0, 0.05) is 0 Å². The van der Waals surface area contributed by atoms with Crippen LogP contribution in [0.2, 0.25) is 0 Å². The number of methoxy groups -OCH3 is 1. The van der Waals surface area contributed by atoms with Crippen LogP contribution >= 0.6 is 0 Å². The zero-order chi connectivity index (χ0) is 14.1. The Hall–Kier alpha value is -2.54. The molecule has 20 heavy (non-hydrogen) atoms. The van der Waals surface area contributed by atoms with Gasteiger partial charge < -0.3 is 9.72 Å². The van der Waals surface area contributed by atoms with Crippen LogP contribution < -0.4 is 10.3 Å². The molecule has 1 N–H and O–H groups in total. The molecule has 4 heteroatoms. The van der Waals surface area contributed by atoms with Crippen molar-refractivity contribution in [3.8, 4) is 23.1 Å². The maximum absolute atomic E-state index is 12.0. The van der Waals surface area contributed by atoms with E-state index in [4.69, 9.17) is 10.00 Å². The number of rotatable bonds is 2. The van der Waals surface area contributed by atoms with Gasteiger partial charge >= 0.3 is 0 Å². The van der Waals surface area contributed by atoms with E-state index < -0.39 is 0 Å². The first-order valence-electron chi connectivity index (χ1n) is 6.57. The van der Waals surface area contributed by atoms with E-state index in [0.29, 0.717) is 0 Å². The molecule has 100 valence electrons. The van der Waals surface area contributed by atoms with Crippen LogP contribution in [-0.4, -0.2) is 12.1 Å². The molecular weight excluding hydrogens is 252 g/mol. The molecule has 1 aromatic heterocycles. The fourth-order valence-electron chi connectivity index (χ4n) is 2.81. The minimum Gasteiger partial charge on any atom is -0.497 e. The monoisotopic (exact) mass is 266 g/mol. The van der Waals surface area contributed by atoms with Crippen LogP contribution in [0.25, 0.3) is 11.3 Å². The van der Waals surface area contributed by atoms with Gasteiger partial charge in [0.05, 0.1) is 12.8 Å². The van der Waals surface area contributed by atoms with E-state index >= 15 is 0 Å². The lowest BCUT2D eigenvalue weighted by Gasteiger charge is -2.10. The Bertz CT molecular complexity index is 752. The molecule has 0 saturated carbocycles. The van der Waals surface area contributed by atoms with Crippen LogP contribution in [-0.2, 0) is 12.8 Å². The highest BCUT2D eigenvalue weighted by Gasteiger charge is 2.22. The first-order valence-corrected chi connectivity index (χ1v) is 6.57. The molecule has 0 spiro atoms. The SMILES string of the molecule is COc1ccc(-c2[nH]c(=O)c(C#N)c3c2CCC3)cc1. The summed E-state index contributed by atoms with van der Waals surface area (Å²) in [6, 6.07) is 9.62. The van der Waals surface area contributed by atoms with E-state index in [-0.39, 0.29) is 11.1 Å². The largest absolute Gasteiger partial charge is 0.497 e. The van der Waals surface area contributed by atoms with Crippen LogP contribution in [0.4, 0.5) is 0 Å². The van der Waals surface area contributed by atoms with E-state index in [1.54, 1.807) is 7.11 Å². The summed E-state index contributed by atoms with van der Waals surface area (Å²) in [5.41, 5.74) is 3.79. The molecular formula is C16H14N2O2. The van der Waals surface area contributed by atoms with Crippen molar-refractivity contribution in [1.29, 1.82) is 5.26 Å². The zero-order valence-electron chi connectivity index (χ0n) is 11.2. The lowest BCUT2D eigenvalue weighted by Crippen LogP contribution is -2.15. The Labute approximate surface area is 116 Å². The Kier molecular flexibility index (Phi) is 3.03. The third-order valence-corrected chi connectivity index (χ3v) is 3.78. The third-order valence-electron chi connectivity index (χ3n) is 3.78. The van der Waals surface area contributed by atoms with Crippen molar-refractivity contribution in [1.82, 2.24) is 4.98 Å². The van der Waals surface area contributed by atoms with Crippen LogP contribution in [0.3, 0.4) is 0 Å². The summed E-state index contributed by atoms with van der Waals surface area (Å²) in [6.45, 7) is 0. The van der Waals surface area contributed by atoms with Gasteiger partial charge in [-0.05, 0) is 60.2 Å². The van der Waals surface area contributed by atoms with E-state index in [2.05, 4.69) is 4.98 Å². The second-order valence-electron chi connectivity index (χ2n) is 4.86. The molecule has 1 aliphatic rings. The Morgan fingerprint density at radius 1 is 1.20 bits per heavy atom. The molecule has 4 nitrogen and oxygen atoms in total. The summed E-state index contributed by atoms with van der Waals surface area (Å²) >= 11 is 0. The summed E-state index contributed by atoms with van der Waals surface area (Å²) in [7, 11) is 1.62. The summed E-state index contributed by atoms with van der Waals surface area (Å²) in [6.07, 6.45) is 2.71. The van der Waals surface area contributed by atoms with Gasteiger partial charge in [-0.25, -0.2) is 0 Å². The molecule has 0 radical (unpaired) electrons. The molecule has 1 heterocycles. The number of aromatic nitrogens is 1. The fraction of sp³-hybridized carbons (Fsp3) is 0.250. The second-order valence-corrected chi connectivity index (χ2v) is 4.86. The molecule has 1 aromatic carbocycles. The summed E-state index contributed by atoms with van der Waals surface area (Å²) in [4.78, 5) is 14.9. The van der Waals surface area contributed by atoms with Gasteiger partial charge in [-0.15, -0.1) is 0 Å². The van der Waals surface area contributed by atoms with Crippen molar-refractivity contribution in [2.24, 2.45) is 0 Å². The van der Waals surface area contributed by atoms with Gasteiger partial charge in [0.2, 0.25) is 0 Å². The molecule has 0 fully saturated rings. The molecule has 0 unspecified atom stereocenters. The highest BCUT2D eigenvalue weighted by Crippen LogP contribution is 2.31. The maximum atomic E-state index is 12.0. The predicted molar refractivity (Wildman–Crippen MR) is 75.8 cm³/mol. The van der Waals surface area contributed by atoms with Gasteiger partial charge in [-0.1, -0.05) is 0 Å². The average Bonchev–Trinajstić information content (AvgIpc) is 2.96. The number of nitrogens with one attached hydrogen (secondary N) is 1. The van der Waals surface area contributed by atoms with Gasteiger partial charge in [0.1, 0.15) is 17.4 Å². The van der Waals surface area contributed by atoms with E-state index in [1.807, 2.05) is 30.3 Å². The van der Waals surface area contributed by atoms with E-state index in [0.717, 1.165) is 47.4 Å². The van der Waals surface area contributed by atoms with Crippen molar-refractivity contribution < 1.29 is 4.74 Å². The second kappa shape index (κ2) is 4.86. The number of nitrogens with zero attached hydrogens (tertiary/aromatic N) is 1. The Morgan fingerprint density at radius 3 is 2.55 bits per heavy atom. The number of fused-ring (bicyclic) bond motifs is 1. The predicted octanol–water partition coefficient (Wildman–Crippen LogP) is 2.41. The van der Waals surface area contributed by atoms with Gasteiger partial charge in [0.25, 0.3) is 5.56 Å². The molecule has 0 aliphatic heterocycles. The molecule has 0 amide bonds. The highest BCUT2D eigenvalue weighted by atomic mass is 16.5. The van der Waals surface area contributed by atoms with Crippen molar-refractivity contribution in [3.63, 3.8) is 0 Å². The lowest BCUT2D eigenvalue weighted by molar-refractivity contribution is 0.415. The van der Waals surface area contributed by atoms with E-state index in [1.165, 1.54) is 0 Å². The van der Waals surface area contributed by atoms with Crippen molar-refractivity contribution >= 4 is 0 Å². The van der Waals surface area contributed by atoms with Gasteiger partial charge in [-0.3, -0.25) is 4.79 Å². The summed E-state index contributed by atoms with van der Waals surface area (Å²) < 4.78 is 5.14. The van der Waals surface area contributed by atoms with Gasteiger partial charge in [0.15, 0.2) is 0 Å². The van der Waals surface area contributed by atoms with Crippen molar-refractivity contribution in [3.05, 3.63) is 51.3 Å². The number of benzene rings is 1. The Balaban J connectivity index is 2.20. The lowest BCUT2D eigenvalue weighted by atomic mass is 10.00. The molecule has 1 aliphatic carbocycles. The minimum atomic E-state index is -0.293. The fourth-order valence-corrected chi connectivity index (χ4v) is 2.81. The normalized spacial score (nSPS) is 12.8. The number of aromatic amines is 1. The molecule has 3 rings (SSSR count). The number of hydrogen-bond donors (Lipinski definition) is 1. The summed E-state index contributed by atoms with van der Waals surface area (Å²) in [5.74, 6) is 0.779. The van der Waals surface area contributed by atoms with Gasteiger partial charge in [-0.2, -0.15) is 5.26 Å². The number of hydrogen-bond acceptors (Lipinski definition) is 3. The number of ether oxygens (including phenoxy) is 1. The quantitative estimate of drug-likeness (QED) is 0.907. The third kappa shape index (κ3) is 1.88. The first-order chi connectivity index (χ1) is 9.74. The molecule has 0 bridgehead atoms. The zero-order valence-corrected chi connectivity index (χ0v) is 11.2. The standard InChI is InChI=1S/C16H14N2O2/c1-20-11-7-5-10(6-8-11)15-13-4-2-3-12(13)14(9-17)16(19)18-15/h5-8H,2-4H2,1H3,(H,18,19). The van der Waals surface area contributed by atoms with Crippen molar-refractivity contribution in [2.45, 2.75) is 19.3 Å². The maximum Gasteiger partial charge on any atom is 0.266 e.